The molecule has 1 saturated heterocycles. The summed E-state index contributed by atoms with van der Waals surface area (Å²) in [5, 5.41) is 4.03. The third kappa shape index (κ3) is 6.59. The van der Waals surface area contributed by atoms with Crippen LogP contribution in [-0.2, 0) is 29.2 Å². The third-order valence-corrected chi connectivity index (χ3v) is 6.95. The van der Waals surface area contributed by atoms with Crippen LogP contribution in [-0.4, -0.2) is 52.4 Å². The molecule has 1 aliphatic heterocycles. The Kier molecular flexibility index (Phi) is 8.42. The summed E-state index contributed by atoms with van der Waals surface area (Å²) >= 11 is 1.52. The van der Waals surface area contributed by atoms with Crippen molar-refractivity contribution in [3.63, 3.8) is 0 Å². The van der Waals surface area contributed by atoms with Gasteiger partial charge in [0.05, 0.1) is 30.0 Å². The maximum absolute atomic E-state index is 12.7. The lowest BCUT2D eigenvalue weighted by atomic mass is 10.1. The van der Waals surface area contributed by atoms with Crippen LogP contribution < -0.4 is 5.32 Å². The minimum absolute atomic E-state index is 0.0311. The number of hydrogen-bond acceptors (Lipinski definition) is 5. The summed E-state index contributed by atoms with van der Waals surface area (Å²) in [6, 6.07) is 16.6. The monoisotopic (exact) mass is 466 g/mol. The van der Waals surface area contributed by atoms with Crippen LogP contribution in [0.1, 0.15) is 31.4 Å². The topological polar surface area (TPSA) is 59.4 Å². The van der Waals surface area contributed by atoms with E-state index in [-0.39, 0.29) is 5.91 Å². The van der Waals surface area contributed by atoms with Gasteiger partial charge in [0.15, 0.2) is 5.16 Å². The number of aryl methyl sites for hydroxylation is 1. The third-order valence-electron chi connectivity index (χ3n) is 5.97. The zero-order chi connectivity index (χ0) is 23.0. The number of benzene rings is 2. The van der Waals surface area contributed by atoms with Crippen LogP contribution in [0.3, 0.4) is 0 Å². The van der Waals surface area contributed by atoms with Crippen molar-refractivity contribution >= 4 is 28.7 Å². The number of amides is 1. The van der Waals surface area contributed by atoms with Gasteiger partial charge in [-0.2, -0.15) is 0 Å². The molecule has 0 saturated carbocycles. The molecule has 0 atom stereocenters. The highest BCUT2D eigenvalue weighted by atomic mass is 32.2. The summed E-state index contributed by atoms with van der Waals surface area (Å²) in [6.07, 6.45) is 1.08. The SMILES string of the molecule is CC(C)CCn1c(SCC(=O)NCc2ccccc2CN2CCOCC2)nc2ccccc21. The molecule has 176 valence electrons. The summed E-state index contributed by atoms with van der Waals surface area (Å²) in [6.45, 7) is 10.3. The predicted molar refractivity (Wildman–Crippen MR) is 134 cm³/mol. The number of ether oxygens (including phenoxy) is 1. The number of hydrogen-bond donors (Lipinski definition) is 1. The van der Waals surface area contributed by atoms with E-state index in [0.717, 1.165) is 62.0 Å². The number of rotatable bonds is 10. The van der Waals surface area contributed by atoms with Gasteiger partial charge in [-0.15, -0.1) is 0 Å². The van der Waals surface area contributed by atoms with E-state index in [1.165, 1.54) is 22.9 Å². The number of nitrogens with zero attached hydrogens (tertiary/aromatic N) is 3. The first-order valence-corrected chi connectivity index (χ1v) is 12.8. The Balaban J connectivity index is 1.35. The van der Waals surface area contributed by atoms with Crippen LogP contribution in [0.5, 0.6) is 0 Å². The van der Waals surface area contributed by atoms with E-state index >= 15 is 0 Å². The Morgan fingerprint density at radius 2 is 1.82 bits per heavy atom. The normalized spacial score (nSPS) is 14.8. The van der Waals surface area contributed by atoms with Gasteiger partial charge in [0.1, 0.15) is 0 Å². The minimum Gasteiger partial charge on any atom is -0.379 e. The van der Waals surface area contributed by atoms with Crippen molar-refractivity contribution in [1.29, 1.82) is 0 Å². The predicted octanol–water partition coefficient (Wildman–Crippen LogP) is 4.32. The number of morpholine rings is 1. The molecular formula is C26H34N4O2S. The number of aromatic nitrogens is 2. The van der Waals surface area contributed by atoms with Gasteiger partial charge in [-0.05, 0) is 35.6 Å². The number of imidazole rings is 1. The Hall–Kier alpha value is -2.35. The summed E-state index contributed by atoms with van der Waals surface area (Å²) in [4.78, 5) is 19.9. The van der Waals surface area contributed by atoms with Crippen molar-refractivity contribution in [2.24, 2.45) is 5.92 Å². The molecule has 0 aliphatic carbocycles. The lowest BCUT2D eigenvalue weighted by Crippen LogP contribution is -2.36. The molecule has 1 N–H and O–H groups in total. The molecule has 2 aromatic carbocycles. The molecule has 1 aliphatic rings. The van der Waals surface area contributed by atoms with Crippen molar-refractivity contribution in [3.05, 3.63) is 59.7 Å². The van der Waals surface area contributed by atoms with E-state index in [2.05, 4.69) is 52.9 Å². The van der Waals surface area contributed by atoms with Gasteiger partial charge in [-0.3, -0.25) is 9.69 Å². The van der Waals surface area contributed by atoms with Crippen LogP contribution in [0, 0.1) is 5.92 Å². The number of para-hydroxylation sites is 2. The lowest BCUT2D eigenvalue weighted by Gasteiger charge is -2.27. The molecule has 3 aromatic rings. The molecule has 0 bridgehead atoms. The zero-order valence-electron chi connectivity index (χ0n) is 19.6. The Bertz CT molecular complexity index is 1060. The van der Waals surface area contributed by atoms with Gasteiger partial charge in [0, 0.05) is 32.7 Å². The number of fused-ring (bicyclic) bond motifs is 1. The Morgan fingerprint density at radius 1 is 1.09 bits per heavy atom. The molecule has 7 heteroatoms. The number of carbonyl (C=O) groups excluding carboxylic acids is 1. The average Bonchev–Trinajstić information content (AvgIpc) is 3.19. The van der Waals surface area contributed by atoms with Gasteiger partial charge in [0.2, 0.25) is 5.91 Å². The van der Waals surface area contributed by atoms with E-state index < -0.39 is 0 Å². The highest BCUT2D eigenvalue weighted by Gasteiger charge is 2.15. The van der Waals surface area contributed by atoms with Gasteiger partial charge in [-0.1, -0.05) is 62.0 Å². The molecule has 0 radical (unpaired) electrons. The van der Waals surface area contributed by atoms with Gasteiger partial charge in [-0.25, -0.2) is 4.98 Å². The zero-order valence-corrected chi connectivity index (χ0v) is 20.4. The molecule has 2 heterocycles. The van der Waals surface area contributed by atoms with E-state index in [1.54, 1.807) is 0 Å². The minimum atomic E-state index is 0.0311. The number of carbonyl (C=O) groups is 1. The first-order chi connectivity index (χ1) is 16.1. The fraction of sp³-hybridized carbons (Fsp3) is 0.462. The average molecular weight is 467 g/mol. The maximum atomic E-state index is 12.7. The number of nitrogens with one attached hydrogen (secondary N) is 1. The second-order valence-electron chi connectivity index (χ2n) is 8.94. The Morgan fingerprint density at radius 3 is 2.61 bits per heavy atom. The van der Waals surface area contributed by atoms with Crippen LogP contribution in [0.15, 0.2) is 53.7 Å². The molecule has 33 heavy (non-hydrogen) atoms. The standard InChI is InChI=1S/C26H34N4O2S/c1-20(2)11-12-30-24-10-6-5-9-23(24)28-26(30)33-19-25(31)27-17-21-7-3-4-8-22(21)18-29-13-15-32-16-14-29/h3-10,20H,11-19H2,1-2H3,(H,27,31). The van der Waals surface area contributed by atoms with E-state index in [9.17, 15) is 4.79 Å². The van der Waals surface area contributed by atoms with Crippen molar-refractivity contribution in [3.8, 4) is 0 Å². The number of thioether (sulfide) groups is 1. The molecular weight excluding hydrogens is 432 g/mol. The van der Waals surface area contributed by atoms with Crippen LogP contribution >= 0.6 is 11.8 Å². The highest BCUT2D eigenvalue weighted by molar-refractivity contribution is 7.99. The summed E-state index contributed by atoms with van der Waals surface area (Å²) < 4.78 is 7.71. The van der Waals surface area contributed by atoms with Crippen LogP contribution in [0.4, 0.5) is 0 Å². The van der Waals surface area contributed by atoms with Gasteiger partial charge in [0.25, 0.3) is 0 Å². The molecule has 4 rings (SSSR count). The summed E-state index contributed by atoms with van der Waals surface area (Å²) in [7, 11) is 0. The second kappa shape index (κ2) is 11.7. The molecule has 0 spiro atoms. The Labute approximate surface area is 200 Å². The summed E-state index contributed by atoms with van der Waals surface area (Å²) in [5.41, 5.74) is 4.56. The van der Waals surface area contributed by atoms with Crippen molar-refractivity contribution in [1.82, 2.24) is 19.8 Å². The van der Waals surface area contributed by atoms with E-state index in [0.29, 0.717) is 18.2 Å². The van der Waals surface area contributed by atoms with Crippen LogP contribution in [0.25, 0.3) is 11.0 Å². The van der Waals surface area contributed by atoms with Crippen molar-refractivity contribution in [2.45, 2.75) is 45.1 Å². The fourth-order valence-electron chi connectivity index (χ4n) is 4.03. The molecule has 0 unspecified atom stereocenters. The summed E-state index contributed by atoms with van der Waals surface area (Å²) in [5.74, 6) is 1.00. The van der Waals surface area contributed by atoms with Crippen molar-refractivity contribution < 1.29 is 9.53 Å². The largest absolute Gasteiger partial charge is 0.379 e. The van der Waals surface area contributed by atoms with E-state index in [4.69, 9.17) is 9.72 Å². The quantitative estimate of drug-likeness (QED) is 0.451. The second-order valence-corrected chi connectivity index (χ2v) is 9.88. The molecule has 1 fully saturated rings. The molecule has 6 nitrogen and oxygen atoms in total. The fourth-order valence-corrected chi connectivity index (χ4v) is 4.90. The van der Waals surface area contributed by atoms with Gasteiger partial charge >= 0.3 is 0 Å². The highest BCUT2D eigenvalue weighted by Crippen LogP contribution is 2.25. The van der Waals surface area contributed by atoms with Crippen molar-refractivity contribution in [2.75, 3.05) is 32.1 Å². The smallest absolute Gasteiger partial charge is 0.230 e. The maximum Gasteiger partial charge on any atom is 0.230 e. The van der Waals surface area contributed by atoms with E-state index in [1.807, 2.05) is 24.3 Å². The first-order valence-electron chi connectivity index (χ1n) is 11.8. The molecule has 1 aromatic heterocycles. The first kappa shape index (κ1) is 23.8. The lowest BCUT2D eigenvalue weighted by molar-refractivity contribution is -0.118. The molecule has 1 amide bonds. The van der Waals surface area contributed by atoms with Crippen LogP contribution in [0.2, 0.25) is 0 Å². The van der Waals surface area contributed by atoms with Gasteiger partial charge < -0.3 is 14.6 Å².